The van der Waals surface area contributed by atoms with E-state index in [9.17, 15) is 21.1 Å². The van der Waals surface area contributed by atoms with E-state index in [0.717, 1.165) is 7.11 Å². The summed E-state index contributed by atoms with van der Waals surface area (Å²) >= 11 is 0. The van der Waals surface area contributed by atoms with Crippen LogP contribution >= 0.6 is 0 Å². The maximum atomic E-state index is 12.6. The molecule has 4 nitrogen and oxygen atoms in total. The van der Waals surface area contributed by atoms with Crippen molar-refractivity contribution in [3.05, 3.63) is 0 Å². The molecule has 0 amide bonds. The summed E-state index contributed by atoms with van der Waals surface area (Å²) < 4.78 is 66.0. The lowest BCUT2D eigenvalue weighted by molar-refractivity contribution is -0.235. The molecular formula is C5H7F3O4S. The SMILES string of the molecule is COC1COC1C(F)(F)S(=O)(=O)F. The highest BCUT2D eigenvalue weighted by Crippen LogP contribution is 2.36. The van der Waals surface area contributed by atoms with Crippen LogP contribution in [0.3, 0.4) is 0 Å². The lowest BCUT2D eigenvalue weighted by Gasteiger charge is -2.38. The molecule has 0 N–H and O–H groups in total. The number of hydrogen-bond donors (Lipinski definition) is 0. The quantitative estimate of drug-likeness (QED) is 0.641. The summed E-state index contributed by atoms with van der Waals surface area (Å²) in [6.45, 7) is -0.160. The molecule has 13 heavy (non-hydrogen) atoms. The standard InChI is InChI=1S/C5H7F3O4S/c1-11-3-2-12-4(3)5(6,7)13(8,9)10/h3-4H,2H2,1H3. The normalized spacial score (nSPS) is 29.8. The number of alkyl halides is 2. The highest BCUT2D eigenvalue weighted by atomic mass is 32.3. The van der Waals surface area contributed by atoms with Gasteiger partial charge in [0.15, 0.2) is 6.10 Å². The molecule has 0 aromatic heterocycles. The zero-order valence-corrected chi connectivity index (χ0v) is 7.35. The minimum Gasteiger partial charge on any atom is -0.376 e. The summed E-state index contributed by atoms with van der Waals surface area (Å²) in [4.78, 5) is 0. The van der Waals surface area contributed by atoms with Crippen molar-refractivity contribution in [1.29, 1.82) is 0 Å². The van der Waals surface area contributed by atoms with Crippen molar-refractivity contribution in [2.24, 2.45) is 0 Å². The molecule has 0 saturated carbocycles. The summed E-state index contributed by atoms with van der Waals surface area (Å²) in [5, 5.41) is -4.54. The Morgan fingerprint density at radius 2 is 2.08 bits per heavy atom. The van der Waals surface area contributed by atoms with Gasteiger partial charge in [-0.2, -0.15) is 17.2 Å². The monoisotopic (exact) mass is 220 g/mol. The van der Waals surface area contributed by atoms with Crippen LogP contribution in [0.4, 0.5) is 12.7 Å². The van der Waals surface area contributed by atoms with E-state index in [1.807, 2.05) is 0 Å². The predicted octanol–water partition coefficient (Wildman–Crippen LogP) is 0.292. The number of ether oxygens (including phenoxy) is 2. The molecule has 1 aliphatic rings. The van der Waals surface area contributed by atoms with Crippen LogP contribution < -0.4 is 0 Å². The molecule has 2 atom stereocenters. The number of rotatable bonds is 3. The van der Waals surface area contributed by atoms with Crippen LogP contribution in [0.5, 0.6) is 0 Å². The first-order chi connectivity index (χ1) is 5.80. The van der Waals surface area contributed by atoms with E-state index in [1.54, 1.807) is 0 Å². The Labute approximate surface area is 72.8 Å². The molecule has 78 valence electrons. The first kappa shape index (κ1) is 10.7. The molecule has 1 heterocycles. The molecule has 1 aliphatic heterocycles. The minimum absolute atomic E-state index is 0.160. The van der Waals surface area contributed by atoms with E-state index in [2.05, 4.69) is 9.47 Å². The van der Waals surface area contributed by atoms with Gasteiger partial charge in [-0.05, 0) is 0 Å². The molecule has 1 saturated heterocycles. The van der Waals surface area contributed by atoms with Gasteiger partial charge in [0, 0.05) is 7.11 Å². The number of methoxy groups -OCH3 is 1. The second-order valence-electron chi connectivity index (χ2n) is 2.53. The first-order valence-electron chi connectivity index (χ1n) is 3.27. The predicted molar refractivity (Wildman–Crippen MR) is 35.5 cm³/mol. The fourth-order valence-electron chi connectivity index (χ4n) is 0.915. The van der Waals surface area contributed by atoms with Crippen molar-refractivity contribution in [3.8, 4) is 0 Å². The lowest BCUT2D eigenvalue weighted by Crippen LogP contribution is -2.58. The molecule has 0 spiro atoms. The van der Waals surface area contributed by atoms with Gasteiger partial charge in [0.2, 0.25) is 0 Å². The molecule has 0 aliphatic carbocycles. The summed E-state index contributed by atoms with van der Waals surface area (Å²) in [5.41, 5.74) is 0. The van der Waals surface area contributed by atoms with Crippen molar-refractivity contribution in [2.75, 3.05) is 13.7 Å². The van der Waals surface area contributed by atoms with Gasteiger partial charge >= 0.3 is 15.5 Å². The van der Waals surface area contributed by atoms with Gasteiger partial charge in [0.1, 0.15) is 6.10 Å². The topological polar surface area (TPSA) is 52.6 Å². The van der Waals surface area contributed by atoms with E-state index in [1.165, 1.54) is 0 Å². The van der Waals surface area contributed by atoms with E-state index >= 15 is 0 Å². The second-order valence-corrected chi connectivity index (χ2v) is 3.95. The average Bonchev–Trinajstić information content (AvgIpc) is 1.81. The van der Waals surface area contributed by atoms with Gasteiger partial charge in [-0.25, -0.2) is 0 Å². The van der Waals surface area contributed by atoms with Crippen LogP contribution in [-0.2, 0) is 19.7 Å². The fraction of sp³-hybridized carbons (Fsp3) is 1.00. The zero-order chi connectivity index (χ0) is 10.3. The van der Waals surface area contributed by atoms with Crippen LogP contribution in [0.15, 0.2) is 0 Å². The minimum atomic E-state index is -5.94. The van der Waals surface area contributed by atoms with Crippen molar-refractivity contribution < 1.29 is 30.6 Å². The molecule has 1 fully saturated rings. The van der Waals surface area contributed by atoms with Crippen molar-refractivity contribution in [1.82, 2.24) is 0 Å². The lowest BCUT2D eigenvalue weighted by atomic mass is 10.1. The van der Waals surface area contributed by atoms with Gasteiger partial charge in [0.25, 0.3) is 0 Å². The summed E-state index contributed by atoms with van der Waals surface area (Å²) in [5.74, 6) is 0. The highest BCUT2D eigenvalue weighted by Gasteiger charge is 2.61. The van der Waals surface area contributed by atoms with E-state index in [4.69, 9.17) is 0 Å². The van der Waals surface area contributed by atoms with E-state index in [0.29, 0.717) is 0 Å². The van der Waals surface area contributed by atoms with Gasteiger partial charge < -0.3 is 9.47 Å². The summed E-state index contributed by atoms with van der Waals surface area (Å²) in [6.07, 6.45) is -3.13. The third kappa shape index (κ3) is 1.65. The highest BCUT2D eigenvalue weighted by molar-refractivity contribution is 7.87. The summed E-state index contributed by atoms with van der Waals surface area (Å²) in [6, 6.07) is 0. The molecule has 8 heteroatoms. The molecule has 0 bridgehead atoms. The third-order valence-corrected chi connectivity index (χ3v) is 2.62. The Morgan fingerprint density at radius 3 is 2.31 bits per heavy atom. The van der Waals surface area contributed by atoms with Crippen molar-refractivity contribution in [2.45, 2.75) is 17.5 Å². The van der Waals surface area contributed by atoms with Crippen LogP contribution in [0, 0.1) is 0 Å². The molecule has 0 aromatic carbocycles. The van der Waals surface area contributed by atoms with Crippen LogP contribution in [-0.4, -0.2) is 39.6 Å². The Hall–Kier alpha value is -0.340. The van der Waals surface area contributed by atoms with E-state index < -0.39 is 27.7 Å². The molecule has 1 rings (SSSR count). The third-order valence-electron chi connectivity index (χ3n) is 1.74. The smallest absolute Gasteiger partial charge is 0.376 e. The van der Waals surface area contributed by atoms with Crippen LogP contribution in [0.1, 0.15) is 0 Å². The van der Waals surface area contributed by atoms with E-state index in [-0.39, 0.29) is 6.61 Å². The molecular weight excluding hydrogens is 213 g/mol. The molecule has 2 unspecified atom stereocenters. The van der Waals surface area contributed by atoms with Gasteiger partial charge in [0.05, 0.1) is 6.61 Å². The van der Waals surface area contributed by atoms with Crippen LogP contribution in [0.2, 0.25) is 0 Å². The second kappa shape index (κ2) is 3.10. The maximum Gasteiger partial charge on any atom is 0.402 e. The first-order valence-corrected chi connectivity index (χ1v) is 4.65. The Morgan fingerprint density at radius 1 is 1.54 bits per heavy atom. The maximum absolute atomic E-state index is 12.6. The average molecular weight is 220 g/mol. The van der Waals surface area contributed by atoms with Crippen molar-refractivity contribution >= 4 is 10.2 Å². The summed E-state index contributed by atoms with van der Waals surface area (Å²) in [7, 11) is -4.83. The van der Waals surface area contributed by atoms with Gasteiger partial charge in [-0.15, -0.1) is 0 Å². The molecule has 0 aromatic rings. The van der Waals surface area contributed by atoms with Crippen LogP contribution in [0.25, 0.3) is 0 Å². The number of hydrogen-bond acceptors (Lipinski definition) is 4. The van der Waals surface area contributed by atoms with Gasteiger partial charge in [-0.3, -0.25) is 0 Å². The van der Waals surface area contributed by atoms with Crippen molar-refractivity contribution in [3.63, 3.8) is 0 Å². The molecule has 0 radical (unpaired) electrons. The largest absolute Gasteiger partial charge is 0.402 e. The Bertz CT molecular complexity index is 286. The Balaban J connectivity index is 2.82. The Kier molecular flexibility index (Phi) is 2.56. The zero-order valence-electron chi connectivity index (χ0n) is 6.54. The number of halogens is 3. The van der Waals surface area contributed by atoms with Gasteiger partial charge in [-0.1, -0.05) is 3.89 Å². The fourth-order valence-corrected chi connectivity index (χ4v) is 1.41.